The molecule has 0 atom stereocenters. The largest absolute Gasteiger partial charge is 0.493 e. The van der Waals surface area contributed by atoms with Crippen LogP contribution in [-0.2, 0) is 33.9 Å². The average Bonchev–Trinajstić information content (AvgIpc) is 3.00. The summed E-state index contributed by atoms with van der Waals surface area (Å²) >= 11 is 5.94. The van der Waals surface area contributed by atoms with Crippen molar-refractivity contribution >= 4 is 35.1 Å². The van der Waals surface area contributed by atoms with E-state index in [-0.39, 0.29) is 31.3 Å². The predicted molar refractivity (Wildman–Crippen MR) is 163 cm³/mol. The SMILES string of the molecule is COc1ccc(CC(=O)O)cc1Oc1ccc(NC(=O)c2ccc(Cl)cc2)cc1CNCCC(=O)OCc1ccccc1. The van der Waals surface area contributed by atoms with Crippen LogP contribution in [0, 0.1) is 0 Å². The van der Waals surface area contributed by atoms with E-state index in [1.165, 1.54) is 7.11 Å². The number of anilines is 1. The number of carboxylic acids is 1. The normalized spacial score (nSPS) is 10.6. The van der Waals surface area contributed by atoms with Crippen LogP contribution in [0.25, 0.3) is 0 Å². The van der Waals surface area contributed by atoms with Gasteiger partial charge in [-0.3, -0.25) is 14.4 Å². The molecule has 43 heavy (non-hydrogen) atoms. The molecule has 0 saturated heterocycles. The molecule has 0 spiro atoms. The molecule has 0 radical (unpaired) electrons. The van der Waals surface area contributed by atoms with Gasteiger partial charge in [-0.15, -0.1) is 0 Å². The Morgan fingerprint density at radius 2 is 1.58 bits per heavy atom. The van der Waals surface area contributed by atoms with E-state index < -0.39 is 5.97 Å². The zero-order valence-electron chi connectivity index (χ0n) is 23.5. The number of esters is 1. The molecule has 0 saturated carbocycles. The lowest BCUT2D eigenvalue weighted by atomic mass is 10.1. The highest BCUT2D eigenvalue weighted by molar-refractivity contribution is 6.30. The Balaban J connectivity index is 1.48. The molecule has 4 rings (SSSR count). The molecule has 9 nitrogen and oxygen atoms in total. The molecule has 0 bridgehead atoms. The van der Waals surface area contributed by atoms with Crippen LogP contribution in [0.1, 0.15) is 33.5 Å². The van der Waals surface area contributed by atoms with E-state index in [9.17, 15) is 19.5 Å². The summed E-state index contributed by atoms with van der Waals surface area (Å²) in [6.07, 6.45) is -0.0219. The maximum atomic E-state index is 12.8. The van der Waals surface area contributed by atoms with Crippen molar-refractivity contribution in [1.82, 2.24) is 5.32 Å². The first-order chi connectivity index (χ1) is 20.8. The lowest BCUT2D eigenvalue weighted by Crippen LogP contribution is -2.19. The van der Waals surface area contributed by atoms with Gasteiger partial charge in [-0.25, -0.2) is 0 Å². The van der Waals surface area contributed by atoms with Crippen molar-refractivity contribution in [2.45, 2.75) is 26.0 Å². The summed E-state index contributed by atoms with van der Waals surface area (Å²) in [6.45, 7) is 0.838. The molecule has 222 valence electrons. The van der Waals surface area contributed by atoms with Gasteiger partial charge in [0, 0.05) is 34.9 Å². The van der Waals surface area contributed by atoms with E-state index in [4.69, 9.17) is 25.8 Å². The van der Waals surface area contributed by atoms with Gasteiger partial charge in [0.25, 0.3) is 5.91 Å². The topological polar surface area (TPSA) is 123 Å². The zero-order chi connectivity index (χ0) is 30.6. The number of hydrogen-bond acceptors (Lipinski definition) is 7. The second kappa shape index (κ2) is 15.4. The number of carboxylic acid groups (broad SMARTS) is 1. The first kappa shape index (κ1) is 31.1. The number of carbonyl (C=O) groups excluding carboxylic acids is 2. The minimum atomic E-state index is -0.968. The fourth-order valence-corrected chi connectivity index (χ4v) is 4.25. The van der Waals surface area contributed by atoms with Gasteiger partial charge in [0.15, 0.2) is 11.5 Å². The third kappa shape index (κ3) is 9.59. The van der Waals surface area contributed by atoms with Crippen LogP contribution in [0.5, 0.6) is 17.2 Å². The number of methoxy groups -OCH3 is 1. The van der Waals surface area contributed by atoms with Crippen molar-refractivity contribution in [1.29, 1.82) is 0 Å². The first-order valence-electron chi connectivity index (χ1n) is 13.5. The summed E-state index contributed by atoms with van der Waals surface area (Å²) in [5, 5.41) is 15.8. The van der Waals surface area contributed by atoms with Crippen molar-refractivity contribution in [3.63, 3.8) is 0 Å². The van der Waals surface area contributed by atoms with Gasteiger partial charge >= 0.3 is 11.9 Å². The fourth-order valence-electron chi connectivity index (χ4n) is 4.13. The lowest BCUT2D eigenvalue weighted by molar-refractivity contribution is -0.144. The number of nitrogens with one attached hydrogen (secondary N) is 2. The molecule has 4 aromatic rings. The van der Waals surface area contributed by atoms with Crippen LogP contribution in [-0.4, -0.2) is 36.6 Å². The van der Waals surface area contributed by atoms with Gasteiger partial charge in [0.1, 0.15) is 12.4 Å². The smallest absolute Gasteiger partial charge is 0.307 e. The number of rotatable bonds is 14. The van der Waals surface area contributed by atoms with Gasteiger partial charge in [0.05, 0.1) is 20.0 Å². The van der Waals surface area contributed by atoms with Crippen molar-refractivity contribution in [3.05, 3.63) is 118 Å². The van der Waals surface area contributed by atoms with Gasteiger partial charge in [-0.2, -0.15) is 0 Å². The highest BCUT2D eigenvalue weighted by atomic mass is 35.5. The van der Waals surface area contributed by atoms with Crippen LogP contribution in [0.3, 0.4) is 0 Å². The second-order valence-corrected chi connectivity index (χ2v) is 9.95. The summed E-state index contributed by atoms with van der Waals surface area (Å²) < 4.78 is 17.0. The van der Waals surface area contributed by atoms with E-state index in [0.717, 1.165) is 5.56 Å². The molecule has 10 heteroatoms. The van der Waals surface area contributed by atoms with Crippen molar-refractivity contribution in [2.75, 3.05) is 19.0 Å². The minimum absolute atomic E-state index is 0.154. The number of aliphatic carboxylic acids is 1. The maximum absolute atomic E-state index is 12.8. The van der Waals surface area contributed by atoms with Crippen LogP contribution in [0.2, 0.25) is 5.02 Å². The van der Waals surface area contributed by atoms with E-state index >= 15 is 0 Å². The maximum Gasteiger partial charge on any atom is 0.307 e. The van der Waals surface area contributed by atoms with E-state index in [1.54, 1.807) is 60.7 Å². The van der Waals surface area contributed by atoms with Gasteiger partial charge in [0.2, 0.25) is 0 Å². The molecule has 0 aromatic heterocycles. The molecule has 4 aromatic carbocycles. The van der Waals surface area contributed by atoms with Gasteiger partial charge in [-0.05, 0) is 65.7 Å². The minimum Gasteiger partial charge on any atom is -0.493 e. The first-order valence-corrected chi connectivity index (χ1v) is 13.8. The monoisotopic (exact) mass is 602 g/mol. The van der Waals surface area contributed by atoms with Crippen molar-refractivity contribution < 1.29 is 33.7 Å². The van der Waals surface area contributed by atoms with E-state index in [1.807, 2.05) is 30.3 Å². The van der Waals surface area contributed by atoms with E-state index in [2.05, 4.69) is 10.6 Å². The van der Waals surface area contributed by atoms with E-state index in [0.29, 0.717) is 57.7 Å². The third-order valence-corrected chi connectivity index (χ3v) is 6.54. The summed E-state index contributed by atoms with van der Waals surface area (Å²) in [5.41, 5.74) is 3.10. The van der Waals surface area contributed by atoms with Gasteiger partial charge in [-0.1, -0.05) is 48.0 Å². The molecule has 0 unspecified atom stereocenters. The summed E-state index contributed by atoms with van der Waals surface area (Å²) in [6, 6.07) is 26.1. The standard InChI is InChI=1S/C33H31ClN2O7/c1-41-29-13-7-23(18-31(37)38)17-30(29)43-28-14-12-27(36-33(40)24-8-10-26(34)11-9-24)19-25(28)20-35-16-15-32(39)42-21-22-5-3-2-4-6-22/h2-14,17,19,35H,15-16,18,20-21H2,1H3,(H,36,40)(H,37,38). The number of halogens is 1. The molecule has 0 fully saturated rings. The Hall–Kier alpha value is -4.86. The van der Waals surface area contributed by atoms with Gasteiger partial charge < -0.3 is 30.0 Å². The summed E-state index contributed by atoms with van der Waals surface area (Å²) in [7, 11) is 1.49. The lowest BCUT2D eigenvalue weighted by Gasteiger charge is -2.16. The Labute approximate surface area is 254 Å². The molecule has 0 aliphatic rings. The Kier molecular flexibility index (Phi) is 11.1. The highest BCUT2D eigenvalue weighted by Gasteiger charge is 2.14. The van der Waals surface area contributed by atoms with Crippen molar-refractivity contribution in [2.24, 2.45) is 0 Å². The molecule has 0 aliphatic heterocycles. The summed E-state index contributed by atoms with van der Waals surface area (Å²) in [5.74, 6) is -0.400. The average molecular weight is 603 g/mol. The molecule has 0 aliphatic carbocycles. The Morgan fingerprint density at radius 1 is 0.837 bits per heavy atom. The number of carbonyl (C=O) groups is 3. The Morgan fingerprint density at radius 3 is 2.30 bits per heavy atom. The molecular formula is C33H31ClN2O7. The molecule has 0 heterocycles. The number of amides is 1. The molecular weight excluding hydrogens is 572 g/mol. The van der Waals surface area contributed by atoms with Crippen LogP contribution in [0.15, 0.2) is 91.0 Å². The van der Waals surface area contributed by atoms with Crippen LogP contribution < -0.4 is 20.1 Å². The van der Waals surface area contributed by atoms with Crippen molar-refractivity contribution in [3.8, 4) is 17.2 Å². The highest BCUT2D eigenvalue weighted by Crippen LogP contribution is 2.35. The van der Waals surface area contributed by atoms with Crippen LogP contribution in [0.4, 0.5) is 5.69 Å². The quantitative estimate of drug-likeness (QED) is 0.114. The summed E-state index contributed by atoms with van der Waals surface area (Å²) in [4.78, 5) is 36.3. The molecule has 3 N–H and O–H groups in total. The number of hydrogen-bond donors (Lipinski definition) is 3. The van der Waals surface area contributed by atoms with Crippen LogP contribution >= 0.6 is 11.6 Å². The fraction of sp³-hybridized carbons (Fsp3) is 0.182. The zero-order valence-corrected chi connectivity index (χ0v) is 24.2. The number of benzene rings is 4. The predicted octanol–water partition coefficient (Wildman–Crippen LogP) is 6.24. The second-order valence-electron chi connectivity index (χ2n) is 9.51. The molecule has 1 amide bonds. The Bertz CT molecular complexity index is 1560. The number of ether oxygens (including phenoxy) is 3. The third-order valence-electron chi connectivity index (χ3n) is 6.29.